The molecule has 1 aliphatic rings. The summed E-state index contributed by atoms with van der Waals surface area (Å²) in [4.78, 5) is 23.8. The minimum absolute atomic E-state index is 0.0281. The molecule has 1 heterocycles. The van der Waals surface area contributed by atoms with E-state index in [1.165, 1.54) is 12.1 Å². The summed E-state index contributed by atoms with van der Waals surface area (Å²) in [5, 5.41) is 20.0. The summed E-state index contributed by atoms with van der Waals surface area (Å²) in [5.74, 6) is -0.0281. The average molecular weight is 259 g/mol. The molecule has 0 aliphatic carbocycles. The van der Waals surface area contributed by atoms with Crippen LogP contribution in [-0.2, 0) is 11.2 Å². The molecule has 1 aliphatic heterocycles. The highest BCUT2D eigenvalue weighted by molar-refractivity contribution is 5.98. The summed E-state index contributed by atoms with van der Waals surface area (Å²) >= 11 is 0. The van der Waals surface area contributed by atoms with Crippen molar-refractivity contribution >= 4 is 17.3 Å². The van der Waals surface area contributed by atoms with Crippen LogP contribution < -0.4 is 4.90 Å². The molecule has 0 spiro atoms. The van der Waals surface area contributed by atoms with Crippen molar-refractivity contribution in [2.24, 2.45) is 0 Å². The largest absolute Gasteiger partial charge is 0.311 e. The first-order valence-electron chi connectivity index (χ1n) is 6.10. The van der Waals surface area contributed by atoms with Crippen LogP contribution >= 0.6 is 0 Å². The number of benzene rings is 1. The molecule has 6 nitrogen and oxygen atoms in total. The lowest BCUT2D eigenvalue weighted by Crippen LogP contribution is -2.36. The number of aryl methyl sites for hydroxylation is 1. The van der Waals surface area contributed by atoms with E-state index >= 15 is 0 Å². The third kappa shape index (κ3) is 2.27. The summed E-state index contributed by atoms with van der Waals surface area (Å²) in [6.07, 6.45) is 1.55. The van der Waals surface area contributed by atoms with Gasteiger partial charge in [0.05, 0.1) is 16.2 Å². The number of hydrogen-bond donors (Lipinski definition) is 0. The summed E-state index contributed by atoms with van der Waals surface area (Å²) in [5.41, 5.74) is 1.36. The second-order valence-corrected chi connectivity index (χ2v) is 4.42. The highest BCUT2D eigenvalue weighted by Crippen LogP contribution is 2.34. The van der Waals surface area contributed by atoms with Gasteiger partial charge in [0.2, 0.25) is 5.91 Å². The minimum Gasteiger partial charge on any atom is -0.311 e. The number of non-ortho nitro benzene ring substituents is 1. The molecule has 1 aromatic rings. The van der Waals surface area contributed by atoms with E-state index in [0.717, 1.165) is 6.42 Å². The molecule has 0 bridgehead atoms. The number of hydrogen-bond acceptors (Lipinski definition) is 4. The Morgan fingerprint density at radius 1 is 1.47 bits per heavy atom. The zero-order valence-corrected chi connectivity index (χ0v) is 10.5. The van der Waals surface area contributed by atoms with Crippen molar-refractivity contribution in [1.82, 2.24) is 0 Å². The van der Waals surface area contributed by atoms with E-state index in [-0.39, 0.29) is 17.2 Å². The topological polar surface area (TPSA) is 87.2 Å². The lowest BCUT2D eigenvalue weighted by molar-refractivity contribution is -0.384. The number of rotatable bonds is 3. The molecule has 6 heteroatoms. The van der Waals surface area contributed by atoms with Gasteiger partial charge in [-0.25, -0.2) is 0 Å². The fourth-order valence-electron chi connectivity index (χ4n) is 2.34. The minimum atomic E-state index is -0.512. The Morgan fingerprint density at radius 3 is 2.79 bits per heavy atom. The van der Waals surface area contributed by atoms with Crippen molar-refractivity contribution in [3.63, 3.8) is 0 Å². The standard InChI is InChI=1S/C13H13N3O3/c1-2-5-15-12(17)4-3-9-6-11(16(18)19)7-10(8-14)13(9)15/h6-7H,2-5H2,1H3. The number of nitro groups is 1. The van der Waals surface area contributed by atoms with Crippen LogP contribution in [0.3, 0.4) is 0 Å². The first-order chi connectivity index (χ1) is 9.08. The van der Waals surface area contributed by atoms with Crippen LogP contribution in [0, 0.1) is 21.4 Å². The summed E-state index contributed by atoms with van der Waals surface area (Å²) in [6.45, 7) is 2.47. The Balaban J connectivity index is 2.61. The molecule has 0 atom stereocenters. The molecule has 0 fully saturated rings. The van der Waals surface area contributed by atoms with Crippen molar-refractivity contribution < 1.29 is 9.72 Å². The Labute approximate surface area is 110 Å². The number of nitrogens with zero attached hydrogens (tertiary/aromatic N) is 3. The summed E-state index contributed by atoms with van der Waals surface area (Å²) < 4.78 is 0. The third-order valence-electron chi connectivity index (χ3n) is 3.13. The van der Waals surface area contributed by atoms with Crippen molar-refractivity contribution in [2.45, 2.75) is 26.2 Å². The van der Waals surface area contributed by atoms with Gasteiger partial charge in [-0.1, -0.05) is 6.92 Å². The van der Waals surface area contributed by atoms with E-state index in [1.807, 2.05) is 13.0 Å². The molecule has 0 aromatic heterocycles. The van der Waals surface area contributed by atoms with Crippen LogP contribution in [0.15, 0.2) is 12.1 Å². The Bertz CT molecular complexity index is 590. The Morgan fingerprint density at radius 2 is 2.21 bits per heavy atom. The lowest BCUT2D eigenvalue weighted by atomic mass is 9.96. The van der Waals surface area contributed by atoms with Gasteiger partial charge in [-0.3, -0.25) is 14.9 Å². The van der Waals surface area contributed by atoms with Gasteiger partial charge in [0.25, 0.3) is 5.69 Å². The van der Waals surface area contributed by atoms with Crippen molar-refractivity contribution in [2.75, 3.05) is 11.4 Å². The average Bonchev–Trinajstić information content (AvgIpc) is 2.40. The van der Waals surface area contributed by atoms with Crippen LogP contribution in [0.4, 0.5) is 11.4 Å². The molecule has 98 valence electrons. The zero-order valence-electron chi connectivity index (χ0n) is 10.5. The van der Waals surface area contributed by atoms with Gasteiger partial charge in [-0.05, 0) is 18.4 Å². The number of anilines is 1. The molecule has 0 radical (unpaired) electrons. The first-order valence-corrected chi connectivity index (χ1v) is 6.10. The van der Waals surface area contributed by atoms with E-state index in [9.17, 15) is 14.9 Å². The smallest absolute Gasteiger partial charge is 0.271 e. The molecule has 0 unspecified atom stereocenters. The molecule has 1 aromatic carbocycles. The third-order valence-corrected chi connectivity index (χ3v) is 3.13. The highest BCUT2D eigenvalue weighted by atomic mass is 16.6. The molecule has 2 rings (SSSR count). The quantitative estimate of drug-likeness (QED) is 0.614. The Hall–Kier alpha value is -2.42. The normalized spacial score (nSPS) is 13.9. The monoisotopic (exact) mass is 259 g/mol. The maximum Gasteiger partial charge on any atom is 0.271 e. The molecule has 1 amide bonds. The molecular formula is C13H13N3O3. The second-order valence-electron chi connectivity index (χ2n) is 4.42. The molecule has 0 saturated carbocycles. The van der Waals surface area contributed by atoms with E-state index in [1.54, 1.807) is 4.90 Å². The second kappa shape index (κ2) is 5.06. The van der Waals surface area contributed by atoms with Gasteiger partial charge >= 0.3 is 0 Å². The van der Waals surface area contributed by atoms with Gasteiger partial charge in [0.15, 0.2) is 0 Å². The van der Waals surface area contributed by atoms with E-state index < -0.39 is 4.92 Å². The number of nitriles is 1. The van der Waals surface area contributed by atoms with Crippen LogP contribution in [0.1, 0.15) is 30.9 Å². The summed E-state index contributed by atoms with van der Waals surface area (Å²) in [7, 11) is 0. The molecule has 0 saturated heterocycles. The van der Waals surface area contributed by atoms with Crippen LogP contribution in [0.25, 0.3) is 0 Å². The Kier molecular flexibility index (Phi) is 3.47. The van der Waals surface area contributed by atoms with Gasteiger partial charge in [-0.15, -0.1) is 0 Å². The van der Waals surface area contributed by atoms with Crippen molar-refractivity contribution in [3.8, 4) is 6.07 Å². The number of carbonyl (C=O) groups excluding carboxylic acids is 1. The lowest BCUT2D eigenvalue weighted by Gasteiger charge is -2.29. The van der Waals surface area contributed by atoms with Crippen LogP contribution in [0.2, 0.25) is 0 Å². The van der Waals surface area contributed by atoms with Gasteiger partial charge in [-0.2, -0.15) is 5.26 Å². The molecular weight excluding hydrogens is 246 g/mol. The van der Waals surface area contributed by atoms with E-state index in [0.29, 0.717) is 30.6 Å². The number of carbonyl (C=O) groups is 1. The van der Waals surface area contributed by atoms with Gasteiger partial charge in [0.1, 0.15) is 6.07 Å². The molecule has 0 N–H and O–H groups in total. The fourth-order valence-corrected chi connectivity index (χ4v) is 2.34. The van der Waals surface area contributed by atoms with Crippen LogP contribution in [0.5, 0.6) is 0 Å². The van der Waals surface area contributed by atoms with Crippen LogP contribution in [-0.4, -0.2) is 17.4 Å². The van der Waals surface area contributed by atoms with Crippen molar-refractivity contribution in [1.29, 1.82) is 5.26 Å². The number of nitro benzene ring substituents is 1. The van der Waals surface area contributed by atoms with E-state index in [2.05, 4.69) is 0 Å². The first kappa shape index (κ1) is 13.0. The zero-order chi connectivity index (χ0) is 14.0. The SMILES string of the molecule is CCCN1C(=O)CCc2cc([N+](=O)[O-])cc(C#N)c21. The molecule has 19 heavy (non-hydrogen) atoms. The summed E-state index contributed by atoms with van der Waals surface area (Å²) in [6, 6.07) is 4.66. The maximum absolute atomic E-state index is 11.9. The van der Waals surface area contributed by atoms with E-state index in [4.69, 9.17) is 5.26 Å². The van der Waals surface area contributed by atoms with Crippen molar-refractivity contribution in [3.05, 3.63) is 33.4 Å². The maximum atomic E-state index is 11.9. The van der Waals surface area contributed by atoms with Gasteiger partial charge in [0, 0.05) is 25.1 Å². The fraction of sp³-hybridized carbons (Fsp3) is 0.385. The number of amides is 1. The van der Waals surface area contributed by atoms with Gasteiger partial charge < -0.3 is 4.90 Å². The predicted octanol–water partition coefficient (Wildman–Crippen LogP) is 2.16. The predicted molar refractivity (Wildman–Crippen MR) is 68.8 cm³/mol. The number of fused-ring (bicyclic) bond motifs is 1. The highest BCUT2D eigenvalue weighted by Gasteiger charge is 2.28.